The van der Waals surface area contributed by atoms with E-state index in [9.17, 15) is 33.2 Å². The number of fused-ring (bicyclic) bond motifs is 2. The van der Waals surface area contributed by atoms with Crippen LogP contribution in [0.3, 0.4) is 0 Å². The number of anilines is 1. The third kappa shape index (κ3) is 10.7. The van der Waals surface area contributed by atoms with Crippen molar-refractivity contribution >= 4 is 63.6 Å². The van der Waals surface area contributed by atoms with Gasteiger partial charge >= 0.3 is 0 Å². The van der Waals surface area contributed by atoms with E-state index < -0.39 is 29.7 Å². The molecule has 3 aromatic carbocycles. The summed E-state index contributed by atoms with van der Waals surface area (Å²) in [6.07, 6.45) is 6.86. The van der Waals surface area contributed by atoms with E-state index in [-0.39, 0.29) is 92.4 Å². The molecule has 66 heavy (non-hydrogen) atoms. The number of piperidine rings is 2. The Bertz CT molecular complexity index is 2600. The predicted molar refractivity (Wildman–Crippen MR) is 242 cm³/mol. The number of benzene rings is 3. The van der Waals surface area contributed by atoms with Gasteiger partial charge in [-0.25, -0.2) is 4.39 Å². The van der Waals surface area contributed by atoms with Crippen molar-refractivity contribution in [1.82, 2.24) is 20.1 Å². The maximum atomic E-state index is 14.1. The van der Waals surface area contributed by atoms with Gasteiger partial charge in [-0.1, -0.05) is 30.4 Å². The van der Waals surface area contributed by atoms with Gasteiger partial charge in [-0.2, -0.15) is 0 Å². The molecule has 4 aliphatic rings. The van der Waals surface area contributed by atoms with E-state index in [1.54, 1.807) is 47.5 Å². The van der Waals surface area contributed by atoms with Crippen LogP contribution >= 0.6 is 11.6 Å². The minimum Gasteiger partial charge on any atom is -0.489 e. The number of carbonyl (C=O) groups is 6. The largest absolute Gasteiger partial charge is 0.489 e. The molecule has 0 spiro atoms. The lowest BCUT2D eigenvalue weighted by Crippen LogP contribution is -2.54. The first-order valence-corrected chi connectivity index (χ1v) is 22.9. The molecule has 2 saturated heterocycles. The highest BCUT2D eigenvalue weighted by Gasteiger charge is 2.44. The van der Waals surface area contributed by atoms with Gasteiger partial charge in [0.25, 0.3) is 11.8 Å². The average molecular weight is 920 g/mol. The lowest BCUT2D eigenvalue weighted by Gasteiger charge is -2.33. The normalized spacial score (nSPS) is 20.4. The molecule has 0 bridgehead atoms. The fourth-order valence-corrected chi connectivity index (χ4v) is 9.48. The highest BCUT2D eigenvalue weighted by molar-refractivity contribution is 6.32. The highest BCUT2D eigenvalue weighted by atomic mass is 35.5. The Kier molecular flexibility index (Phi) is 14.7. The number of hydrogen-bond donors (Lipinski definition) is 2. The fraction of sp³-hybridized carbons (Fsp3) is 0.420. The smallest absolute Gasteiger partial charge is 0.262 e. The van der Waals surface area contributed by atoms with Crippen LogP contribution in [0, 0.1) is 29.5 Å². The van der Waals surface area contributed by atoms with Crippen LogP contribution in [-0.2, 0) is 28.7 Å². The van der Waals surface area contributed by atoms with Crippen molar-refractivity contribution in [2.45, 2.75) is 82.8 Å². The summed E-state index contributed by atoms with van der Waals surface area (Å²) in [4.78, 5) is 83.2. The minimum absolute atomic E-state index is 0.0124. The molecule has 0 radical (unpaired) electrons. The number of nitrogens with zero attached hydrogens (tertiary/aromatic N) is 3. The van der Waals surface area contributed by atoms with Crippen LogP contribution in [0.1, 0.15) is 102 Å². The number of imide groups is 2. The molecule has 14 nitrogen and oxygen atoms in total. The molecule has 3 fully saturated rings. The lowest BCUT2D eigenvalue weighted by atomic mass is 9.73. The van der Waals surface area contributed by atoms with Crippen molar-refractivity contribution in [1.29, 1.82) is 0 Å². The summed E-state index contributed by atoms with van der Waals surface area (Å²) >= 11 is 6.53. The number of nitrogens with one attached hydrogen (secondary N) is 2. The molecule has 8 rings (SSSR count). The van der Waals surface area contributed by atoms with Crippen LogP contribution in [0.15, 0.2) is 66.9 Å². The SMILES string of the molecule is C[C@@H](C(=O)Nc1ccc(Cl)c(OC2CCN(C(=O)CCOCCOCC#Cc3ccc4c(c3)C(=O)N(C3CCC(=O)NC3=O)C4=O)CC2)c1)C1CCC(c2ccnc3ccc(F)cc23)CC1. The molecule has 1 aromatic heterocycles. The molecule has 4 heterocycles. The van der Waals surface area contributed by atoms with Gasteiger partial charge in [-0.15, -0.1) is 0 Å². The second-order valence-electron chi connectivity index (χ2n) is 17.2. The van der Waals surface area contributed by atoms with Gasteiger partial charge in [0.2, 0.25) is 23.6 Å². The number of amides is 6. The standard InChI is InChI=1S/C50H51ClFN5O9/c1-30(32-5-7-33(8-6-32)37-16-20-53-42-13-9-34(52)28-39(37)42)47(60)54-35-10-12-41(51)44(29-35)66-36-17-21-56(22-18-36)46(59)19-24-65-26-25-64-23-2-3-31-4-11-38-40(27-31)50(63)57(49(38)62)43-14-15-45(58)55-48(43)61/h4,9-13,16,20,27-30,32-33,36,43H,5-8,14-15,17-19,21-26H2,1H3,(H,54,60)(H,55,58,61)/t30-,32?,33?,43?/m1/s1. The van der Waals surface area contributed by atoms with Gasteiger partial charge in [-0.3, -0.25) is 44.0 Å². The maximum Gasteiger partial charge on any atom is 0.262 e. The molecule has 1 aliphatic carbocycles. The molecule has 6 amide bonds. The minimum atomic E-state index is -1.03. The zero-order valence-electron chi connectivity index (χ0n) is 36.6. The fourth-order valence-electron chi connectivity index (χ4n) is 9.32. The number of hydrogen-bond acceptors (Lipinski definition) is 10. The van der Waals surface area contributed by atoms with Crippen LogP contribution in [-0.4, -0.2) is 102 Å². The highest BCUT2D eigenvalue weighted by Crippen LogP contribution is 2.41. The van der Waals surface area contributed by atoms with Crippen LogP contribution in [0.25, 0.3) is 10.9 Å². The van der Waals surface area contributed by atoms with Crippen molar-refractivity contribution < 1.29 is 47.4 Å². The van der Waals surface area contributed by atoms with Crippen LogP contribution in [0.4, 0.5) is 10.1 Å². The molecule has 344 valence electrons. The maximum absolute atomic E-state index is 14.1. The number of ether oxygens (including phenoxy) is 3. The van der Waals surface area contributed by atoms with Crippen LogP contribution in [0.5, 0.6) is 5.75 Å². The Morgan fingerprint density at radius 1 is 0.894 bits per heavy atom. The topological polar surface area (TPSA) is 174 Å². The third-order valence-corrected chi connectivity index (χ3v) is 13.3. The first kappa shape index (κ1) is 46.3. The lowest BCUT2D eigenvalue weighted by molar-refractivity contribution is -0.136. The third-order valence-electron chi connectivity index (χ3n) is 13.0. The van der Waals surface area contributed by atoms with Crippen LogP contribution in [0.2, 0.25) is 5.02 Å². The second kappa shape index (κ2) is 21.0. The quantitative estimate of drug-likeness (QED) is 0.0777. The van der Waals surface area contributed by atoms with E-state index in [2.05, 4.69) is 27.5 Å². The average Bonchev–Trinajstić information content (AvgIpc) is 3.56. The zero-order valence-corrected chi connectivity index (χ0v) is 37.4. The van der Waals surface area contributed by atoms with Gasteiger partial charge < -0.3 is 24.4 Å². The van der Waals surface area contributed by atoms with E-state index in [4.69, 9.17) is 25.8 Å². The summed E-state index contributed by atoms with van der Waals surface area (Å²) in [5.41, 5.74) is 3.35. The molecule has 16 heteroatoms. The molecule has 1 saturated carbocycles. The Morgan fingerprint density at radius 2 is 1.67 bits per heavy atom. The van der Waals surface area contributed by atoms with E-state index in [1.807, 2.05) is 13.0 Å². The Labute approximate surface area is 386 Å². The molecule has 2 N–H and O–H groups in total. The summed E-state index contributed by atoms with van der Waals surface area (Å²) < 4.78 is 31.5. The number of likely N-dealkylation sites (tertiary alicyclic amines) is 1. The van der Waals surface area contributed by atoms with Crippen molar-refractivity contribution in [3.63, 3.8) is 0 Å². The summed E-state index contributed by atoms with van der Waals surface area (Å²) in [6.45, 7) is 3.88. The van der Waals surface area contributed by atoms with E-state index in [1.165, 1.54) is 18.2 Å². The molecular weight excluding hydrogens is 869 g/mol. The number of aromatic nitrogens is 1. The Hall–Kier alpha value is -6.21. The van der Waals surface area contributed by atoms with E-state index in [0.29, 0.717) is 53.9 Å². The summed E-state index contributed by atoms with van der Waals surface area (Å²) in [5.74, 6) is 3.96. The summed E-state index contributed by atoms with van der Waals surface area (Å²) in [5, 5.41) is 6.54. The molecule has 2 atom stereocenters. The Balaban J connectivity index is 0.703. The predicted octanol–water partition coefficient (Wildman–Crippen LogP) is 6.82. The van der Waals surface area contributed by atoms with Crippen molar-refractivity contribution in [2.24, 2.45) is 11.8 Å². The van der Waals surface area contributed by atoms with Gasteiger partial charge in [0, 0.05) is 67.2 Å². The van der Waals surface area contributed by atoms with Gasteiger partial charge in [0.15, 0.2) is 0 Å². The van der Waals surface area contributed by atoms with Crippen molar-refractivity contribution in [2.75, 3.05) is 44.8 Å². The number of rotatable bonds is 14. The number of pyridine rings is 1. The van der Waals surface area contributed by atoms with Crippen molar-refractivity contribution in [3.8, 4) is 17.6 Å². The number of carbonyl (C=O) groups excluding carboxylic acids is 6. The molecule has 4 aromatic rings. The molecular formula is C50H51ClFN5O9. The monoisotopic (exact) mass is 919 g/mol. The first-order valence-electron chi connectivity index (χ1n) is 22.5. The second-order valence-corrected chi connectivity index (χ2v) is 17.6. The number of halogens is 2. The van der Waals surface area contributed by atoms with Crippen LogP contribution < -0.4 is 15.4 Å². The Morgan fingerprint density at radius 3 is 2.45 bits per heavy atom. The van der Waals surface area contributed by atoms with E-state index >= 15 is 0 Å². The van der Waals surface area contributed by atoms with Gasteiger partial charge in [0.05, 0.1) is 47.9 Å². The van der Waals surface area contributed by atoms with Gasteiger partial charge in [0.1, 0.15) is 30.3 Å². The van der Waals surface area contributed by atoms with Crippen molar-refractivity contribution in [3.05, 3.63) is 100.0 Å². The molecule has 1 unspecified atom stereocenters. The summed E-state index contributed by atoms with van der Waals surface area (Å²) in [6, 6.07) is 15.6. The molecule has 3 aliphatic heterocycles. The zero-order chi connectivity index (χ0) is 46.3. The first-order chi connectivity index (χ1) is 31.9. The summed E-state index contributed by atoms with van der Waals surface area (Å²) in [7, 11) is 0. The van der Waals surface area contributed by atoms with Gasteiger partial charge in [-0.05, 0) is 104 Å². The van der Waals surface area contributed by atoms with E-state index in [0.717, 1.165) is 47.0 Å².